The molecule has 2 aromatic carbocycles. The number of hydrogen-bond acceptors (Lipinski definition) is 4. The Balaban J connectivity index is 2.63. The minimum atomic E-state index is -0.394. The van der Waals surface area contributed by atoms with Gasteiger partial charge in [0.1, 0.15) is 0 Å². The topological polar surface area (TPSA) is 95.2 Å². The van der Waals surface area contributed by atoms with Gasteiger partial charge >= 0.3 is 0 Å². The van der Waals surface area contributed by atoms with Crippen molar-refractivity contribution in [3.8, 4) is 11.1 Å². The van der Waals surface area contributed by atoms with Crippen LogP contribution in [0.2, 0.25) is 0 Å². The van der Waals surface area contributed by atoms with Crippen molar-refractivity contribution in [3.05, 3.63) is 52.1 Å². The largest absolute Gasteiger partial charge is 0.397 e. The van der Waals surface area contributed by atoms with E-state index in [0.29, 0.717) is 22.5 Å². The maximum atomic E-state index is 11.0. The highest BCUT2D eigenvalue weighted by atomic mass is 16.6. The number of anilines is 2. The Morgan fingerprint density at radius 3 is 2.39 bits per heavy atom. The van der Waals surface area contributed by atoms with E-state index < -0.39 is 4.92 Å². The summed E-state index contributed by atoms with van der Waals surface area (Å²) in [5.41, 5.74) is 14.4. The van der Waals surface area contributed by atoms with Crippen LogP contribution < -0.4 is 11.5 Å². The highest BCUT2D eigenvalue weighted by molar-refractivity contribution is 5.79. The van der Waals surface area contributed by atoms with E-state index in [1.54, 1.807) is 30.3 Å². The van der Waals surface area contributed by atoms with Crippen molar-refractivity contribution in [1.82, 2.24) is 0 Å². The number of nitrogens with zero attached hydrogens (tertiary/aromatic N) is 1. The van der Waals surface area contributed by atoms with Crippen molar-refractivity contribution in [2.75, 3.05) is 11.5 Å². The van der Waals surface area contributed by atoms with Gasteiger partial charge in [0.2, 0.25) is 0 Å². The second-order valence-corrected chi connectivity index (χ2v) is 4.12. The molecule has 0 spiro atoms. The predicted octanol–water partition coefficient (Wildman–Crippen LogP) is 2.73. The molecule has 0 amide bonds. The van der Waals surface area contributed by atoms with Gasteiger partial charge in [-0.3, -0.25) is 10.1 Å². The van der Waals surface area contributed by atoms with E-state index in [1.807, 2.05) is 13.0 Å². The number of nitro benzene ring substituents is 1. The number of nitrogen functional groups attached to an aromatic ring is 2. The van der Waals surface area contributed by atoms with E-state index in [2.05, 4.69) is 0 Å². The van der Waals surface area contributed by atoms with Gasteiger partial charge in [0.15, 0.2) is 0 Å². The number of nitrogens with two attached hydrogens (primary N) is 2. The van der Waals surface area contributed by atoms with Crippen molar-refractivity contribution < 1.29 is 4.92 Å². The highest BCUT2D eigenvalue weighted by Crippen LogP contribution is 2.32. The van der Waals surface area contributed by atoms with E-state index in [0.717, 1.165) is 5.56 Å². The molecular weight excluding hydrogens is 230 g/mol. The zero-order valence-electron chi connectivity index (χ0n) is 9.88. The van der Waals surface area contributed by atoms with Crippen molar-refractivity contribution in [1.29, 1.82) is 0 Å². The summed E-state index contributed by atoms with van der Waals surface area (Å²) in [6.45, 7) is 1.81. The number of aryl methyl sites for hydroxylation is 1. The van der Waals surface area contributed by atoms with Crippen LogP contribution in [0, 0.1) is 17.0 Å². The van der Waals surface area contributed by atoms with Gasteiger partial charge in [0.05, 0.1) is 21.9 Å². The van der Waals surface area contributed by atoms with E-state index in [9.17, 15) is 10.1 Å². The van der Waals surface area contributed by atoms with Crippen LogP contribution in [0.4, 0.5) is 17.1 Å². The first-order valence-corrected chi connectivity index (χ1v) is 5.39. The second kappa shape index (κ2) is 4.37. The molecule has 5 nitrogen and oxygen atoms in total. The first-order chi connectivity index (χ1) is 8.49. The van der Waals surface area contributed by atoms with Gasteiger partial charge in [0, 0.05) is 6.07 Å². The van der Waals surface area contributed by atoms with Crippen LogP contribution in [-0.2, 0) is 0 Å². The molecule has 5 heteroatoms. The minimum Gasteiger partial charge on any atom is -0.397 e. The molecular formula is C13H13N3O2. The summed E-state index contributed by atoms with van der Waals surface area (Å²) >= 11 is 0. The Hall–Kier alpha value is -2.56. The molecule has 0 aliphatic heterocycles. The monoisotopic (exact) mass is 243 g/mol. The molecule has 0 saturated heterocycles. The highest BCUT2D eigenvalue weighted by Gasteiger charge is 2.15. The summed E-state index contributed by atoms with van der Waals surface area (Å²) in [7, 11) is 0. The van der Waals surface area contributed by atoms with Gasteiger partial charge in [-0.2, -0.15) is 0 Å². The van der Waals surface area contributed by atoms with Gasteiger partial charge < -0.3 is 11.5 Å². The third-order valence-corrected chi connectivity index (χ3v) is 2.75. The summed E-state index contributed by atoms with van der Waals surface area (Å²) < 4.78 is 0. The second-order valence-electron chi connectivity index (χ2n) is 4.12. The number of rotatable bonds is 2. The average molecular weight is 243 g/mol. The maximum absolute atomic E-state index is 11.0. The fourth-order valence-electron chi connectivity index (χ4n) is 1.78. The summed E-state index contributed by atoms with van der Waals surface area (Å²) in [4.78, 5) is 10.7. The summed E-state index contributed by atoms with van der Waals surface area (Å²) in [5, 5.41) is 11.0. The first-order valence-electron chi connectivity index (χ1n) is 5.39. The third kappa shape index (κ3) is 2.10. The Kier molecular flexibility index (Phi) is 2.89. The normalized spacial score (nSPS) is 10.3. The number of hydrogen-bond donors (Lipinski definition) is 2. The first kappa shape index (κ1) is 11.9. The van der Waals surface area contributed by atoms with E-state index in [-0.39, 0.29) is 5.69 Å². The van der Waals surface area contributed by atoms with Gasteiger partial charge in [-0.15, -0.1) is 0 Å². The molecule has 0 bridgehead atoms. The molecule has 0 aliphatic rings. The van der Waals surface area contributed by atoms with Crippen molar-refractivity contribution in [2.45, 2.75) is 6.92 Å². The average Bonchev–Trinajstić information content (AvgIpc) is 2.32. The SMILES string of the molecule is Cc1ccc(-c2ccc(N)c(N)c2)c([N+](=O)[O-])c1. The molecule has 0 atom stereocenters. The Morgan fingerprint density at radius 1 is 1.06 bits per heavy atom. The van der Waals surface area contributed by atoms with E-state index >= 15 is 0 Å². The lowest BCUT2D eigenvalue weighted by Crippen LogP contribution is -1.96. The zero-order valence-corrected chi connectivity index (χ0v) is 9.88. The number of benzene rings is 2. The number of nitro groups is 1. The maximum Gasteiger partial charge on any atom is 0.277 e. The standard InChI is InChI=1S/C13H13N3O2/c1-8-2-4-10(13(6-8)16(17)18)9-3-5-11(14)12(15)7-9/h2-7H,14-15H2,1H3. The van der Waals surface area contributed by atoms with Gasteiger partial charge in [-0.05, 0) is 36.2 Å². The molecule has 0 heterocycles. The van der Waals surface area contributed by atoms with E-state index in [1.165, 1.54) is 0 Å². The lowest BCUT2D eigenvalue weighted by molar-refractivity contribution is -0.384. The summed E-state index contributed by atoms with van der Waals surface area (Å²) in [6, 6.07) is 10.1. The molecule has 0 unspecified atom stereocenters. The van der Waals surface area contributed by atoms with Crippen LogP contribution in [0.15, 0.2) is 36.4 Å². The van der Waals surface area contributed by atoms with Crippen molar-refractivity contribution in [2.24, 2.45) is 0 Å². The third-order valence-electron chi connectivity index (χ3n) is 2.75. The lowest BCUT2D eigenvalue weighted by Gasteiger charge is -2.06. The lowest BCUT2D eigenvalue weighted by atomic mass is 10.0. The molecule has 2 rings (SSSR count). The Morgan fingerprint density at radius 2 is 1.78 bits per heavy atom. The molecule has 2 aromatic rings. The quantitative estimate of drug-likeness (QED) is 0.481. The van der Waals surface area contributed by atoms with Crippen LogP contribution in [-0.4, -0.2) is 4.92 Å². The smallest absolute Gasteiger partial charge is 0.277 e. The van der Waals surface area contributed by atoms with Gasteiger partial charge in [-0.1, -0.05) is 12.1 Å². The molecule has 92 valence electrons. The summed E-state index contributed by atoms with van der Waals surface area (Å²) in [5.74, 6) is 0. The predicted molar refractivity (Wildman–Crippen MR) is 72.1 cm³/mol. The Labute approximate surface area is 104 Å². The van der Waals surface area contributed by atoms with Crippen molar-refractivity contribution in [3.63, 3.8) is 0 Å². The van der Waals surface area contributed by atoms with Crippen LogP contribution in [0.3, 0.4) is 0 Å². The molecule has 0 aliphatic carbocycles. The minimum absolute atomic E-state index is 0.0687. The fraction of sp³-hybridized carbons (Fsp3) is 0.0769. The Bertz CT molecular complexity index is 624. The molecule has 0 saturated carbocycles. The molecule has 0 fully saturated rings. The molecule has 4 N–H and O–H groups in total. The van der Waals surface area contributed by atoms with E-state index in [4.69, 9.17) is 11.5 Å². The van der Waals surface area contributed by atoms with Crippen LogP contribution in [0.5, 0.6) is 0 Å². The summed E-state index contributed by atoms with van der Waals surface area (Å²) in [6.07, 6.45) is 0. The van der Waals surface area contributed by atoms with Crippen molar-refractivity contribution >= 4 is 17.1 Å². The van der Waals surface area contributed by atoms with Crippen LogP contribution >= 0.6 is 0 Å². The molecule has 0 radical (unpaired) electrons. The van der Waals surface area contributed by atoms with Gasteiger partial charge in [-0.25, -0.2) is 0 Å². The molecule has 0 aromatic heterocycles. The molecule has 18 heavy (non-hydrogen) atoms. The van der Waals surface area contributed by atoms with Crippen LogP contribution in [0.25, 0.3) is 11.1 Å². The van der Waals surface area contributed by atoms with Crippen LogP contribution in [0.1, 0.15) is 5.56 Å². The van der Waals surface area contributed by atoms with Gasteiger partial charge in [0.25, 0.3) is 5.69 Å². The fourth-order valence-corrected chi connectivity index (χ4v) is 1.78. The zero-order chi connectivity index (χ0) is 13.3.